The van der Waals surface area contributed by atoms with Gasteiger partial charge >= 0.3 is 0 Å². The average molecular weight is 325 g/mol. The normalized spacial score (nSPS) is 14.3. The predicted octanol–water partition coefficient (Wildman–Crippen LogP) is 2.44. The maximum absolute atomic E-state index is 11.7. The maximum atomic E-state index is 11.7. The van der Waals surface area contributed by atoms with E-state index in [2.05, 4.69) is 31.6 Å². The summed E-state index contributed by atoms with van der Waals surface area (Å²) in [4.78, 5) is 23.0. The zero-order chi connectivity index (χ0) is 16.8. The molecule has 2 N–H and O–H groups in total. The summed E-state index contributed by atoms with van der Waals surface area (Å²) in [6, 6.07) is 9.44. The molecule has 2 aromatic heterocycles. The van der Waals surface area contributed by atoms with Crippen LogP contribution in [0.25, 0.3) is 0 Å². The van der Waals surface area contributed by atoms with Gasteiger partial charge in [0.05, 0.1) is 0 Å². The Morgan fingerprint density at radius 3 is 2.79 bits per heavy atom. The number of nitrogens with zero attached hydrogens (tertiary/aromatic N) is 3. The highest BCUT2D eigenvalue weighted by Crippen LogP contribution is 2.22. The third-order valence-corrected chi connectivity index (χ3v) is 4.19. The van der Waals surface area contributed by atoms with E-state index in [1.165, 1.54) is 19.3 Å². The van der Waals surface area contributed by atoms with Crippen molar-refractivity contribution >= 4 is 17.5 Å². The zero-order valence-electron chi connectivity index (χ0n) is 14.0. The molecule has 1 saturated heterocycles. The highest BCUT2D eigenvalue weighted by Gasteiger charge is 2.15. The van der Waals surface area contributed by atoms with Crippen molar-refractivity contribution in [2.24, 2.45) is 0 Å². The van der Waals surface area contributed by atoms with Gasteiger partial charge in [0.2, 0.25) is 0 Å². The second kappa shape index (κ2) is 7.77. The van der Waals surface area contributed by atoms with Gasteiger partial charge in [-0.15, -0.1) is 0 Å². The van der Waals surface area contributed by atoms with E-state index in [-0.39, 0.29) is 5.91 Å². The van der Waals surface area contributed by atoms with Gasteiger partial charge in [-0.2, -0.15) is 0 Å². The number of piperidine rings is 1. The Kier molecular flexibility index (Phi) is 5.25. The van der Waals surface area contributed by atoms with Crippen LogP contribution in [0.15, 0.2) is 36.5 Å². The Morgan fingerprint density at radius 1 is 1.17 bits per heavy atom. The van der Waals surface area contributed by atoms with Crippen LogP contribution in [0, 0.1) is 0 Å². The molecule has 0 aromatic carbocycles. The Bertz CT molecular complexity index is 697. The summed E-state index contributed by atoms with van der Waals surface area (Å²) in [7, 11) is 1.60. The number of rotatable bonds is 5. The van der Waals surface area contributed by atoms with Crippen molar-refractivity contribution < 1.29 is 4.79 Å². The SMILES string of the molecule is CNC(=O)c1cccc(NCc2cccnc2N2CCCCC2)n1. The van der Waals surface area contributed by atoms with Crippen LogP contribution in [0.5, 0.6) is 0 Å². The van der Waals surface area contributed by atoms with Crippen molar-refractivity contribution in [2.75, 3.05) is 30.4 Å². The quantitative estimate of drug-likeness (QED) is 0.883. The van der Waals surface area contributed by atoms with E-state index in [1.54, 1.807) is 13.1 Å². The molecule has 126 valence electrons. The van der Waals surface area contributed by atoms with Gasteiger partial charge in [0.1, 0.15) is 17.3 Å². The molecule has 0 saturated carbocycles. The van der Waals surface area contributed by atoms with Crippen LogP contribution in [0.4, 0.5) is 11.6 Å². The number of carbonyl (C=O) groups is 1. The molecule has 3 rings (SSSR count). The monoisotopic (exact) mass is 325 g/mol. The van der Waals surface area contributed by atoms with Gasteiger partial charge in [-0.25, -0.2) is 9.97 Å². The van der Waals surface area contributed by atoms with E-state index in [0.717, 1.165) is 24.5 Å². The molecule has 24 heavy (non-hydrogen) atoms. The number of anilines is 2. The number of amides is 1. The molecule has 0 aliphatic carbocycles. The number of nitrogens with one attached hydrogen (secondary N) is 2. The Morgan fingerprint density at radius 2 is 2.00 bits per heavy atom. The molecule has 1 amide bonds. The Labute approximate surface area is 142 Å². The first-order valence-corrected chi connectivity index (χ1v) is 8.40. The molecule has 0 spiro atoms. The van der Waals surface area contributed by atoms with Crippen molar-refractivity contribution in [1.29, 1.82) is 0 Å². The van der Waals surface area contributed by atoms with Gasteiger partial charge in [0, 0.05) is 38.4 Å². The number of hydrogen-bond donors (Lipinski definition) is 2. The van der Waals surface area contributed by atoms with Gasteiger partial charge < -0.3 is 15.5 Å². The fourth-order valence-electron chi connectivity index (χ4n) is 2.93. The molecule has 1 aliphatic rings. The van der Waals surface area contributed by atoms with Gasteiger partial charge in [0.15, 0.2) is 0 Å². The Balaban J connectivity index is 1.72. The summed E-state index contributed by atoms with van der Waals surface area (Å²) in [5, 5.41) is 5.89. The molecule has 6 heteroatoms. The highest BCUT2D eigenvalue weighted by molar-refractivity contribution is 5.92. The summed E-state index contributed by atoms with van der Waals surface area (Å²) in [5.74, 6) is 1.55. The molecular formula is C18H23N5O. The first-order valence-electron chi connectivity index (χ1n) is 8.40. The number of pyridine rings is 2. The van der Waals surface area contributed by atoms with E-state index in [4.69, 9.17) is 0 Å². The van der Waals surface area contributed by atoms with E-state index >= 15 is 0 Å². The van der Waals surface area contributed by atoms with Crippen molar-refractivity contribution in [1.82, 2.24) is 15.3 Å². The summed E-state index contributed by atoms with van der Waals surface area (Å²) in [5.41, 5.74) is 1.55. The lowest BCUT2D eigenvalue weighted by Gasteiger charge is -2.29. The molecule has 1 aliphatic heterocycles. The van der Waals surface area contributed by atoms with Crippen LogP contribution in [-0.4, -0.2) is 36.0 Å². The minimum absolute atomic E-state index is 0.186. The molecule has 2 aromatic rings. The van der Waals surface area contributed by atoms with Crippen molar-refractivity contribution in [3.8, 4) is 0 Å². The van der Waals surface area contributed by atoms with E-state index in [0.29, 0.717) is 18.1 Å². The van der Waals surface area contributed by atoms with Crippen LogP contribution < -0.4 is 15.5 Å². The van der Waals surface area contributed by atoms with E-state index in [1.807, 2.05) is 24.4 Å². The lowest BCUT2D eigenvalue weighted by Crippen LogP contribution is -2.31. The van der Waals surface area contributed by atoms with Crippen molar-refractivity contribution in [3.05, 3.63) is 47.8 Å². The first-order chi connectivity index (χ1) is 11.8. The number of carbonyl (C=O) groups excluding carboxylic acids is 1. The van der Waals surface area contributed by atoms with Gasteiger partial charge in [0.25, 0.3) is 5.91 Å². The van der Waals surface area contributed by atoms with Crippen LogP contribution in [0.3, 0.4) is 0 Å². The summed E-state index contributed by atoms with van der Waals surface area (Å²) >= 11 is 0. The predicted molar refractivity (Wildman–Crippen MR) is 95.3 cm³/mol. The zero-order valence-corrected chi connectivity index (χ0v) is 14.0. The summed E-state index contributed by atoms with van der Waals surface area (Å²) in [6.07, 6.45) is 5.59. The van der Waals surface area contributed by atoms with Crippen LogP contribution in [-0.2, 0) is 6.54 Å². The second-order valence-electron chi connectivity index (χ2n) is 5.87. The van der Waals surface area contributed by atoms with Gasteiger partial charge in [-0.05, 0) is 37.5 Å². The maximum Gasteiger partial charge on any atom is 0.269 e. The topological polar surface area (TPSA) is 70.2 Å². The van der Waals surface area contributed by atoms with Crippen LogP contribution in [0.2, 0.25) is 0 Å². The van der Waals surface area contributed by atoms with Crippen LogP contribution in [0.1, 0.15) is 35.3 Å². The lowest BCUT2D eigenvalue weighted by atomic mass is 10.1. The molecule has 6 nitrogen and oxygen atoms in total. The molecule has 0 atom stereocenters. The van der Waals surface area contributed by atoms with Crippen molar-refractivity contribution in [3.63, 3.8) is 0 Å². The van der Waals surface area contributed by atoms with E-state index in [9.17, 15) is 4.79 Å². The standard InChI is InChI=1S/C18H23N5O/c1-19-18(24)15-8-5-9-16(22-15)21-13-14-7-6-10-20-17(14)23-11-3-2-4-12-23/h5-10H,2-4,11-13H2,1H3,(H,19,24)(H,21,22). The lowest BCUT2D eigenvalue weighted by molar-refractivity contribution is 0.0958. The molecular weight excluding hydrogens is 302 g/mol. The average Bonchev–Trinajstić information content (AvgIpc) is 2.67. The van der Waals surface area contributed by atoms with Gasteiger partial charge in [-0.3, -0.25) is 4.79 Å². The smallest absolute Gasteiger partial charge is 0.269 e. The summed E-state index contributed by atoms with van der Waals surface area (Å²) < 4.78 is 0. The largest absolute Gasteiger partial charge is 0.366 e. The fraction of sp³-hybridized carbons (Fsp3) is 0.389. The molecule has 0 bridgehead atoms. The highest BCUT2D eigenvalue weighted by atomic mass is 16.1. The third-order valence-electron chi connectivity index (χ3n) is 4.19. The first kappa shape index (κ1) is 16.2. The minimum Gasteiger partial charge on any atom is -0.366 e. The van der Waals surface area contributed by atoms with E-state index < -0.39 is 0 Å². The number of aromatic nitrogens is 2. The molecule has 1 fully saturated rings. The number of hydrogen-bond acceptors (Lipinski definition) is 5. The molecule has 0 radical (unpaired) electrons. The van der Waals surface area contributed by atoms with Crippen LogP contribution >= 0.6 is 0 Å². The summed E-state index contributed by atoms with van der Waals surface area (Å²) in [6.45, 7) is 2.76. The minimum atomic E-state index is -0.186. The second-order valence-corrected chi connectivity index (χ2v) is 5.87. The third kappa shape index (κ3) is 3.82. The molecule has 3 heterocycles. The Hall–Kier alpha value is -2.63. The fourth-order valence-corrected chi connectivity index (χ4v) is 2.93. The van der Waals surface area contributed by atoms with Gasteiger partial charge in [-0.1, -0.05) is 12.1 Å². The van der Waals surface area contributed by atoms with Crippen molar-refractivity contribution in [2.45, 2.75) is 25.8 Å². The molecule has 0 unspecified atom stereocenters.